The van der Waals surface area contributed by atoms with E-state index >= 15 is 0 Å². The van der Waals surface area contributed by atoms with Crippen LogP contribution in [0.4, 0.5) is 0 Å². The fraction of sp³-hybridized carbons (Fsp3) is 0.160. The summed E-state index contributed by atoms with van der Waals surface area (Å²) >= 11 is 0. The van der Waals surface area contributed by atoms with Crippen molar-refractivity contribution in [3.63, 3.8) is 0 Å². The summed E-state index contributed by atoms with van der Waals surface area (Å²) in [4.78, 5) is 10.8. The van der Waals surface area contributed by atoms with Crippen LogP contribution in [0.3, 0.4) is 0 Å². The van der Waals surface area contributed by atoms with Crippen LogP contribution in [-0.4, -0.2) is 19.1 Å². The third-order valence-electron chi connectivity index (χ3n) is 12.3. The Kier molecular flexibility index (Phi) is 6.45. The van der Waals surface area contributed by atoms with E-state index in [9.17, 15) is 0 Å². The molecular formula is C50H40N4. The Morgan fingerprint density at radius 2 is 1.09 bits per heavy atom. The summed E-state index contributed by atoms with van der Waals surface area (Å²) in [5.41, 5.74) is 10.9. The van der Waals surface area contributed by atoms with Crippen LogP contribution in [0, 0.1) is 0 Å². The Labute approximate surface area is 314 Å². The zero-order valence-electron chi connectivity index (χ0n) is 31.1. The van der Waals surface area contributed by atoms with Gasteiger partial charge in [0.2, 0.25) is 0 Å². The summed E-state index contributed by atoms with van der Waals surface area (Å²) in [7, 11) is 0. The maximum atomic E-state index is 5.58. The molecule has 1 aliphatic carbocycles. The summed E-state index contributed by atoms with van der Waals surface area (Å²) in [6, 6.07) is 52.9. The Morgan fingerprint density at radius 3 is 1.83 bits per heavy atom. The number of hydrogen-bond donors (Lipinski definition) is 0. The molecule has 0 fully saturated rings. The third kappa shape index (κ3) is 4.31. The van der Waals surface area contributed by atoms with Gasteiger partial charge < -0.3 is 4.57 Å². The SMILES string of the molecule is CC1(C)CCC(C)(C)c2c(-n3c4ccccc4c4ccc5c6ccccc6n(-c6nc(-c7ccccc7)nc7ccc8ccccc8c67)c5c43)cccc21. The molecule has 3 aromatic heterocycles. The molecule has 0 N–H and O–H groups in total. The molecule has 0 amide bonds. The summed E-state index contributed by atoms with van der Waals surface area (Å²) in [6.45, 7) is 9.71. The van der Waals surface area contributed by atoms with Gasteiger partial charge in [0.1, 0.15) is 5.82 Å². The highest BCUT2D eigenvalue weighted by Crippen LogP contribution is 2.50. The molecule has 0 bridgehead atoms. The summed E-state index contributed by atoms with van der Waals surface area (Å²) in [5.74, 6) is 1.61. The van der Waals surface area contributed by atoms with Gasteiger partial charge in [0.05, 0.1) is 38.7 Å². The van der Waals surface area contributed by atoms with E-state index in [1.807, 2.05) is 6.07 Å². The van der Waals surface area contributed by atoms with Crippen LogP contribution >= 0.6 is 0 Å². The summed E-state index contributed by atoms with van der Waals surface area (Å²) in [6.07, 6.45) is 2.31. The van der Waals surface area contributed by atoms with Crippen molar-refractivity contribution in [3.05, 3.63) is 157 Å². The highest BCUT2D eigenvalue weighted by Gasteiger charge is 2.39. The zero-order chi connectivity index (χ0) is 36.3. The lowest BCUT2D eigenvalue weighted by atomic mass is 9.62. The van der Waals surface area contributed by atoms with Crippen LogP contribution in [0.5, 0.6) is 0 Å². The standard InChI is InChI=1S/C50H40N4/c1-49(2)29-30-50(3,4)44-38(49)21-14-24-42(44)53-40-22-12-10-19-34(40)36-26-27-37-35-20-11-13-23-41(35)54(46(37)45(36)53)48-43-33-18-9-8-15-31(33)25-28-39(43)51-47(52-48)32-16-6-5-7-17-32/h5-28H,29-30H2,1-4H3. The molecule has 54 heavy (non-hydrogen) atoms. The fourth-order valence-corrected chi connectivity index (χ4v) is 9.62. The second-order valence-electron chi connectivity index (χ2n) is 16.4. The Bertz CT molecular complexity index is 3160. The summed E-state index contributed by atoms with van der Waals surface area (Å²) < 4.78 is 5.04. The normalized spacial score (nSPS) is 15.2. The number of benzene rings is 7. The molecule has 0 unspecified atom stereocenters. The molecule has 0 atom stereocenters. The minimum Gasteiger partial charge on any atom is -0.307 e. The van der Waals surface area contributed by atoms with Gasteiger partial charge in [0.15, 0.2) is 5.82 Å². The van der Waals surface area contributed by atoms with Crippen molar-refractivity contribution in [1.29, 1.82) is 0 Å². The average Bonchev–Trinajstić information content (AvgIpc) is 3.72. The molecule has 4 heteroatoms. The first-order valence-corrected chi connectivity index (χ1v) is 19.2. The molecule has 260 valence electrons. The van der Waals surface area contributed by atoms with Gasteiger partial charge in [-0.15, -0.1) is 0 Å². The average molecular weight is 697 g/mol. The van der Waals surface area contributed by atoms with Gasteiger partial charge in [-0.05, 0) is 69.8 Å². The predicted octanol–water partition coefficient (Wildman–Crippen LogP) is 13.0. The van der Waals surface area contributed by atoms with Crippen molar-refractivity contribution >= 4 is 65.3 Å². The minimum absolute atomic E-state index is 0.00606. The molecule has 1 aliphatic rings. The maximum absolute atomic E-state index is 5.58. The van der Waals surface area contributed by atoms with Gasteiger partial charge in [-0.1, -0.05) is 149 Å². The Morgan fingerprint density at radius 1 is 0.481 bits per heavy atom. The largest absolute Gasteiger partial charge is 0.307 e. The van der Waals surface area contributed by atoms with Crippen LogP contribution in [0.25, 0.3) is 88.2 Å². The molecule has 0 radical (unpaired) electrons. The van der Waals surface area contributed by atoms with Gasteiger partial charge in [0, 0.05) is 27.1 Å². The third-order valence-corrected chi connectivity index (χ3v) is 12.3. The summed E-state index contributed by atoms with van der Waals surface area (Å²) in [5, 5.41) is 8.26. The van der Waals surface area contributed by atoms with Crippen molar-refractivity contribution in [2.45, 2.75) is 51.4 Å². The highest BCUT2D eigenvalue weighted by atomic mass is 15.1. The number of nitrogens with zero attached hydrogens (tertiary/aromatic N) is 4. The fourth-order valence-electron chi connectivity index (χ4n) is 9.62. The van der Waals surface area contributed by atoms with E-state index < -0.39 is 0 Å². The number of para-hydroxylation sites is 2. The number of aromatic nitrogens is 4. The van der Waals surface area contributed by atoms with E-state index in [4.69, 9.17) is 9.97 Å². The molecule has 0 saturated heterocycles. The Hall–Kier alpha value is -6.26. The van der Waals surface area contributed by atoms with Crippen LogP contribution in [0.1, 0.15) is 51.7 Å². The van der Waals surface area contributed by atoms with E-state index in [0.717, 1.165) is 45.1 Å². The van der Waals surface area contributed by atoms with E-state index in [1.165, 1.54) is 61.2 Å². The van der Waals surface area contributed by atoms with Crippen molar-refractivity contribution in [2.75, 3.05) is 0 Å². The predicted molar refractivity (Wildman–Crippen MR) is 226 cm³/mol. The topological polar surface area (TPSA) is 35.6 Å². The molecule has 11 rings (SSSR count). The molecule has 4 nitrogen and oxygen atoms in total. The van der Waals surface area contributed by atoms with E-state index in [1.54, 1.807) is 0 Å². The number of hydrogen-bond acceptors (Lipinski definition) is 2. The van der Waals surface area contributed by atoms with Gasteiger partial charge in [-0.2, -0.15) is 0 Å². The number of rotatable bonds is 3. The molecule has 3 heterocycles. The first-order chi connectivity index (χ1) is 26.3. The Balaban J connectivity index is 1.39. The van der Waals surface area contributed by atoms with E-state index in [0.29, 0.717) is 5.82 Å². The molecule has 0 saturated carbocycles. The van der Waals surface area contributed by atoms with Crippen LogP contribution in [0.15, 0.2) is 146 Å². The molecule has 0 spiro atoms. The molecule has 0 aliphatic heterocycles. The van der Waals surface area contributed by atoms with E-state index in [2.05, 4.69) is 176 Å². The molecule has 7 aromatic carbocycles. The molecular weight excluding hydrogens is 657 g/mol. The number of fused-ring (bicyclic) bond motifs is 11. The van der Waals surface area contributed by atoms with Crippen LogP contribution < -0.4 is 0 Å². The first kappa shape index (κ1) is 31.3. The lowest BCUT2D eigenvalue weighted by Crippen LogP contribution is -2.35. The van der Waals surface area contributed by atoms with Crippen LogP contribution in [-0.2, 0) is 10.8 Å². The van der Waals surface area contributed by atoms with Crippen molar-refractivity contribution < 1.29 is 0 Å². The van der Waals surface area contributed by atoms with Crippen molar-refractivity contribution in [3.8, 4) is 22.9 Å². The smallest absolute Gasteiger partial charge is 0.162 e. The van der Waals surface area contributed by atoms with Gasteiger partial charge in [-0.25, -0.2) is 9.97 Å². The quantitative estimate of drug-likeness (QED) is 0.172. The monoisotopic (exact) mass is 696 g/mol. The highest BCUT2D eigenvalue weighted by molar-refractivity contribution is 6.24. The van der Waals surface area contributed by atoms with E-state index in [-0.39, 0.29) is 10.8 Å². The van der Waals surface area contributed by atoms with Gasteiger partial charge in [-0.3, -0.25) is 4.57 Å². The second-order valence-corrected chi connectivity index (χ2v) is 16.4. The second kappa shape index (κ2) is 11.1. The van der Waals surface area contributed by atoms with Crippen LogP contribution in [0.2, 0.25) is 0 Å². The van der Waals surface area contributed by atoms with Gasteiger partial charge >= 0.3 is 0 Å². The lowest BCUT2D eigenvalue weighted by Gasteiger charge is -2.43. The lowest BCUT2D eigenvalue weighted by molar-refractivity contribution is 0.331. The zero-order valence-corrected chi connectivity index (χ0v) is 31.1. The van der Waals surface area contributed by atoms with Crippen molar-refractivity contribution in [1.82, 2.24) is 19.1 Å². The minimum atomic E-state index is 0.00606. The maximum Gasteiger partial charge on any atom is 0.162 e. The van der Waals surface area contributed by atoms with Crippen molar-refractivity contribution in [2.24, 2.45) is 0 Å². The first-order valence-electron chi connectivity index (χ1n) is 19.2. The molecule has 10 aromatic rings. The van der Waals surface area contributed by atoms with Gasteiger partial charge in [0.25, 0.3) is 0 Å².